The highest BCUT2D eigenvalue weighted by Gasteiger charge is 2.50. The summed E-state index contributed by atoms with van der Waals surface area (Å²) >= 11 is 6.18. The molecule has 0 spiro atoms. The van der Waals surface area contributed by atoms with Crippen LogP contribution < -0.4 is 4.90 Å². The summed E-state index contributed by atoms with van der Waals surface area (Å²) in [5.74, 6) is -0.732. The third kappa shape index (κ3) is 2.64. The van der Waals surface area contributed by atoms with Gasteiger partial charge in [-0.3, -0.25) is 9.59 Å². The fourth-order valence-electron chi connectivity index (χ4n) is 2.99. The van der Waals surface area contributed by atoms with Crippen LogP contribution in [0, 0.1) is 0 Å². The van der Waals surface area contributed by atoms with Gasteiger partial charge in [-0.15, -0.1) is 0 Å². The molecule has 0 bridgehead atoms. The number of ketones is 1. The number of Topliss-reactive ketones (excluding diaryl/α,β-unsaturated/α-hetero) is 1. The topological polar surface area (TPSA) is 57.6 Å². The number of fused-ring (bicyclic) bond motifs is 1. The van der Waals surface area contributed by atoms with Crippen LogP contribution in [0.15, 0.2) is 48.5 Å². The average molecular weight is 330 g/mol. The smallest absolute Gasteiger partial charge is 0.264 e. The Kier molecular flexibility index (Phi) is 3.96. The first-order valence-corrected chi connectivity index (χ1v) is 7.68. The number of aliphatic hydroxyl groups is 1. The maximum atomic E-state index is 12.8. The van der Waals surface area contributed by atoms with Gasteiger partial charge in [-0.1, -0.05) is 48.0 Å². The van der Waals surface area contributed by atoms with Crippen molar-refractivity contribution >= 4 is 29.0 Å². The van der Waals surface area contributed by atoms with E-state index in [9.17, 15) is 14.7 Å². The second-order valence-electron chi connectivity index (χ2n) is 5.74. The summed E-state index contributed by atoms with van der Waals surface area (Å²) in [6.45, 7) is 1.61. The number of halogens is 1. The highest BCUT2D eigenvalue weighted by atomic mass is 35.5. The Labute approximate surface area is 139 Å². The van der Waals surface area contributed by atoms with Gasteiger partial charge in [0.1, 0.15) is 5.78 Å². The number of benzene rings is 2. The Hall–Kier alpha value is -2.17. The van der Waals surface area contributed by atoms with E-state index in [0.29, 0.717) is 16.3 Å². The molecule has 1 atom stereocenters. The van der Waals surface area contributed by atoms with Crippen molar-refractivity contribution in [3.63, 3.8) is 0 Å². The molecular formula is C18H16ClNO3. The third-order valence-electron chi connectivity index (χ3n) is 4.03. The van der Waals surface area contributed by atoms with Crippen molar-refractivity contribution in [1.82, 2.24) is 0 Å². The number of para-hydroxylation sites is 1. The number of amides is 1. The lowest BCUT2D eigenvalue weighted by molar-refractivity contribution is -0.141. The van der Waals surface area contributed by atoms with Crippen molar-refractivity contribution in [3.05, 3.63) is 64.7 Å². The number of carbonyl (C=O) groups excluding carboxylic acids is 2. The summed E-state index contributed by atoms with van der Waals surface area (Å²) < 4.78 is 0. The van der Waals surface area contributed by atoms with Crippen molar-refractivity contribution in [3.8, 4) is 0 Å². The average Bonchev–Trinajstić information content (AvgIpc) is 2.71. The number of rotatable bonds is 4. The van der Waals surface area contributed by atoms with Crippen molar-refractivity contribution in [2.24, 2.45) is 0 Å². The van der Waals surface area contributed by atoms with Crippen LogP contribution in [0.2, 0.25) is 5.02 Å². The number of hydrogen-bond donors (Lipinski definition) is 1. The molecule has 23 heavy (non-hydrogen) atoms. The fourth-order valence-corrected chi connectivity index (χ4v) is 3.19. The van der Waals surface area contributed by atoms with Crippen LogP contribution >= 0.6 is 11.6 Å². The van der Waals surface area contributed by atoms with Crippen molar-refractivity contribution in [1.29, 1.82) is 0 Å². The third-order valence-corrected chi connectivity index (χ3v) is 4.40. The Morgan fingerprint density at radius 3 is 2.52 bits per heavy atom. The summed E-state index contributed by atoms with van der Waals surface area (Å²) in [4.78, 5) is 25.8. The van der Waals surface area contributed by atoms with Gasteiger partial charge in [-0.25, -0.2) is 0 Å². The largest absolute Gasteiger partial charge is 0.375 e. The standard InChI is InChI=1S/C18H16ClNO3/c1-12(21)10-18(23)14-7-3-5-9-16(14)20(17(18)22)11-13-6-2-4-8-15(13)19/h2-9,23H,10-11H2,1H3/t18-/m1/s1. The van der Waals surface area contributed by atoms with E-state index in [2.05, 4.69) is 0 Å². The molecule has 0 saturated carbocycles. The Bertz CT molecular complexity index is 789. The first-order valence-electron chi connectivity index (χ1n) is 7.30. The highest BCUT2D eigenvalue weighted by molar-refractivity contribution is 6.31. The van der Waals surface area contributed by atoms with Gasteiger partial charge in [0.2, 0.25) is 0 Å². The summed E-state index contributed by atoms with van der Waals surface area (Å²) in [5.41, 5.74) is 0.0572. The van der Waals surface area contributed by atoms with Crippen LogP contribution in [0.3, 0.4) is 0 Å². The van der Waals surface area contributed by atoms with Crippen LogP contribution in [0.4, 0.5) is 5.69 Å². The highest BCUT2D eigenvalue weighted by Crippen LogP contribution is 2.43. The molecular weight excluding hydrogens is 314 g/mol. The molecule has 0 aliphatic carbocycles. The second-order valence-corrected chi connectivity index (χ2v) is 6.15. The molecule has 0 fully saturated rings. The molecule has 1 heterocycles. The normalized spacial score (nSPS) is 19.8. The van der Waals surface area contributed by atoms with Crippen LogP contribution in [0.5, 0.6) is 0 Å². The first-order chi connectivity index (χ1) is 10.9. The van der Waals surface area contributed by atoms with E-state index >= 15 is 0 Å². The van der Waals surface area contributed by atoms with E-state index in [1.165, 1.54) is 11.8 Å². The minimum Gasteiger partial charge on any atom is -0.375 e. The van der Waals surface area contributed by atoms with Gasteiger partial charge in [0.05, 0.1) is 12.2 Å². The van der Waals surface area contributed by atoms with Crippen LogP contribution in [0.25, 0.3) is 0 Å². The number of anilines is 1. The molecule has 2 aromatic rings. The van der Waals surface area contributed by atoms with Gasteiger partial charge < -0.3 is 10.0 Å². The quantitative estimate of drug-likeness (QED) is 0.938. The van der Waals surface area contributed by atoms with Crippen molar-refractivity contribution < 1.29 is 14.7 Å². The van der Waals surface area contributed by atoms with Gasteiger partial charge >= 0.3 is 0 Å². The zero-order valence-corrected chi connectivity index (χ0v) is 13.4. The van der Waals surface area contributed by atoms with Crippen LogP contribution in [-0.4, -0.2) is 16.8 Å². The Morgan fingerprint density at radius 2 is 1.83 bits per heavy atom. The molecule has 1 N–H and O–H groups in total. The summed E-state index contributed by atoms with van der Waals surface area (Å²) in [5, 5.41) is 11.4. The van der Waals surface area contributed by atoms with Gasteiger partial charge in [0, 0.05) is 17.0 Å². The summed E-state index contributed by atoms with van der Waals surface area (Å²) in [7, 11) is 0. The number of nitrogens with zero attached hydrogens (tertiary/aromatic N) is 1. The molecule has 3 rings (SSSR count). The molecule has 2 aromatic carbocycles. The van der Waals surface area contributed by atoms with Crippen LogP contribution in [0.1, 0.15) is 24.5 Å². The van der Waals surface area contributed by atoms with Gasteiger partial charge in [0.25, 0.3) is 5.91 Å². The maximum Gasteiger partial charge on any atom is 0.264 e. The first kappa shape index (κ1) is 15.7. The maximum absolute atomic E-state index is 12.8. The number of hydrogen-bond acceptors (Lipinski definition) is 3. The van der Waals surface area contributed by atoms with E-state index in [1.807, 2.05) is 18.2 Å². The molecule has 118 valence electrons. The zero-order chi connectivity index (χ0) is 16.6. The van der Waals surface area contributed by atoms with Crippen molar-refractivity contribution in [2.45, 2.75) is 25.5 Å². The summed E-state index contributed by atoms with van der Waals surface area (Å²) in [6.07, 6.45) is -0.234. The molecule has 0 radical (unpaired) electrons. The predicted octanol–water partition coefficient (Wildman–Crippen LogP) is 3.05. The van der Waals surface area contributed by atoms with E-state index in [1.54, 1.807) is 30.3 Å². The number of carbonyl (C=O) groups is 2. The molecule has 1 aliphatic heterocycles. The predicted molar refractivity (Wildman–Crippen MR) is 88.3 cm³/mol. The van der Waals surface area contributed by atoms with E-state index in [-0.39, 0.29) is 18.7 Å². The SMILES string of the molecule is CC(=O)C[C@]1(O)C(=O)N(Cc2ccccc2Cl)c2ccccc21. The molecule has 0 aromatic heterocycles. The van der Waals surface area contributed by atoms with Gasteiger partial charge in [0.15, 0.2) is 5.60 Å². The Morgan fingerprint density at radius 1 is 1.17 bits per heavy atom. The monoisotopic (exact) mass is 329 g/mol. The minimum absolute atomic E-state index is 0.234. The Balaban J connectivity index is 2.04. The van der Waals surface area contributed by atoms with E-state index < -0.39 is 11.5 Å². The van der Waals surface area contributed by atoms with Gasteiger partial charge in [-0.2, -0.15) is 0 Å². The summed E-state index contributed by atoms with van der Waals surface area (Å²) in [6, 6.07) is 14.2. The van der Waals surface area contributed by atoms with Gasteiger partial charge in [-0.05, 0) is 24.6 Å². The van der Waals surface area contributed by atoms with Crippen LogP contribution in [-0.2, 0) is 21.7 Å². The lowest BCUT2D eigenvalue weighted by Crippen LogP contribution is -2.41. The second kappa shape index (κ2) is 5.80. The molecule has 1 aliphatic rings. The fraction of sp³-hybridized carbons (Fsp3) is 0.222. The minimum atomic E-state index is -1.80. The molecule has 4 nitrogen and oxygen atoms in total. The molecule has 0 saturated heterocycles. The molecule has 1 amide bonds. The lowest BCUT2D eigenvalue weighted by Gasteiger charge is -2.22. The lowest BCUT2D eigenvalue weighted by atomic mass is 9.90. The van der Waals surface area contributed by atoms with E-state index in [4.69, 9.17) is 11.6 Å². The molecule has 0 unspecified atom stereocenters. The van der Waals surface area contributed by atoms with E-state index in [0.717, 1.165) is 5.56 Å². The molecule has 5 heteroatoms. The van der Waals surface area contributed by atoms with Crippen molar-refractivity contribution in [2.75, 3.05) is 4.90 Å². The zero-order valence-electron chi connectivity index (χ0n) is 12.6.